The number of rotatable bonds is 7. The first kappa shape index (κ1) is 12.9. The molecule has 1 atom stereocenters. The third kappa shape index (κ3) is 6.42. The predicted molar refractivity (Wildman–Crippen MR) is 54.5 cm³/mol. The topological polar surface area (TPSA) is 84.2 Å². The van der Waals surface area contributed by atoms with Gasteiger partial charge in [-0.25, -0.2) is 0 Å². The number of hydrogen-bond donors (Lipinski definition) is 3. The van der Waals surface area contributed by atoms with Gasteiger partial charge in [-0.1, -0.05) is 13.8 Å². The summed E-state index contributed by atoms with van der Waals surface area (Å²) in [7, 11) is 0. The maximum absolute atomic E-state index is 11.1. The van der Waals surface area contributed by atoms with Gasteiger partial charge in [0.1, 0.15) is 0 Å². The zero-order chi connectivity index (χ0) is 11.0. The van der Waals surface area contributed by atoms with Gasteiger partial charge >= 0.3 is 0 Å². The van der Waals surface area contributed by atoms with Gasteiger partial charge in [-0.15, -0.1) is 0 Å². The fourth-order valence-electron chi connectivity index (χ4n) is 0.830. The molecule has 14 heavy (non-hydrogen) atoms. The summed E-state index contributed by atoms with van der Waals surface area (Å²) in [6.07, 6.45) is 0.920. The summed E-state index contributed by atoms with van der Waals surface area (Å²) in [5.74, 6) is -0.649. The van der Waals surface area contributed by atoms with Gasteiger partial charge in [0.25, 0.3) is 0 Å². The van der Waals surface area contributed by atoms with E-state index in [1.54, 1.807) is 6.92 Å². The van der Waals surface area contributed by atoms with Gasteiger partial charge in [0.15, 0.2) is 0 Å². The van der Waals surface area contributed by atoms with Gasteiger partial charge in [0.2, 0.25) is 11.8 Å². The Balaban J connectivity index is 3.44. The summed E-state index contributed by atoms with van der Waals surface area (Å²) in [5.41, 5.74) is 5.05. The smallest absolute Gasteiger partial charge is 0.233 e. The second-order valence-corrected chi connectivity index (χ2v) is 3.28. The first-order valence-electron chi connectivity index (χ1n) is 4.84. The van der Waals surface area contributed by atoms with E-state index >= 15 is 0 Å². The van der Waals surface area contributed by atoms with Crippen LogP contribution < -0.4 is 16.4 Å². The highest BCUT2D eigenvalue weighted by Gasteiger charge is 2.08. The van der Waals surface area contributed by atoms with Crippen LogP contribution in [0.3, 0.4) is 0 Å². The molecule has 0 aliphatic heterocycles. The Hall–Kier alpha value is -1.10. The molecule has 0 aliphatic carbocycles. The van der Waals surface area contributed by atoms with Crippen LogP contribution in [0.25, 0.3) is 0 Å². The highest BCUT2D eigenvalue weighted by atomic mass is 16.2. The molecule has 0 bridgehead atoms. The van der Waals surface area contributed by atoms with Crippen LogP contribution in [0.4, 0.5) is 0 Å². The van der Waals surface area contributed by atoms with E-state index < -0.39 is 0 Å². The fraction of sp³-hybridized carbons (Fsp3) is 0.778. The highest BCUT2D eigenvalue weighted by molar-refractivity contribution is 5.78. The molecule has 4 N–H and O–H groups in total. The molecule has 0 fully saturated rings. The van der Waals surface area contributed by atoms with Crippen molar-refractivity contribution in [3.05, 3.63) is 0 Å². The Bertz CT molecular complexity index is 194. The molecule has 0 aliphatic rings. The molecular weight excluding hydrogens is 182 g/mol. The number of primary amides is 1. The van der Waals surface area contributed by atoms with Crippen molar-refractivity contribution in [2.75, 3.05) is 19.6 Å². The van der Waals surface area contributed by atoms with E-state index in [-0.39, 0.29) is 24.3 Å². The third-order valence-electron chi connectivity index (χ3n) is 1.79. The van der Waals surface area contributed by atoms with Crippen LogP contribution in [0.2, 0.25) is 0 Å². The van der Waals surface area contributed by atoms with Crippen molar-refractivity contribution in [1.82, 2.24) is 10.6 Å². The summed E-state index contributed by atoms with van der Waals surface area (Å²) in [6.45, 7) is 5.07. The maximum atomic E-state index is 11.1. The SMILES string of the molecule is CCCNC(=O)CNCC(C)C(N)=O. The van der Waals surface area contributed by atoms with Crippen molar-refractivity contribution in [3.8, 4) is 0 Å². The Labute approximate surface area is 84.4 Å². The minimum Gasteiger partial charge on any atom is -0.369 e. The molecule has 0 aromatic heterocycles. The van der Waals surface area contributed by atoms with Crippen molar-refractivity contribution in [3.63, 3.8) is 0 Å². The van der Waals surface area contributed by atoms with Crippen LogP contribution in [0.1, 0.15) is 20.3 Å². The van der Waals surface area contributed by atoms with Gasteiger partial charge in [0, 0.05) is 19.0 Å². The molecule has 0 radical (unpaired) electrons. The summed E-state index contributed by atoms with van der Waals surface area (Å²) in [6, 6.07) is 0. The number of nitrogens with two attached hydrogens (primary N) is 1. The second-order valence-electron chi connectivity index (χ2n) is 3.28. The number of amides is 2. The van der Waals surface area contributed by atoms with E-state index in [2.05, 4.69) is 10.6 Å². The lowest BCUT2D eigenvalue weighted by Gasteiger charge is -2.08. The summed E-state index contributed by atoms with van der Waals surface area (Å²) in [4.78, 5) is 21.7. The van der Waals surface area contributed by atoms with Crippen molar-refractivity contribution >= 4 is 11.8 Å². The first-order valence-corrected chi connectivity index (χ1v) is 4.84. The number of carbonyl (C=O) groups excluding carboxylic acids is 2. The maximum Gasteiger partial charge on any atom is 0.233 e. The summed E-state index contributed by atoms with van der Waals surface area (Å²) < 4.78 is 0. The van der Waals surface area contributed by atoms with Crippen LogP contribution in [-0.4, -0.2) is 31.4 Å². The van der Waals surface area contributed by atoms with E-state index in [9.17, 15) is 9.59 Å². The Morgan fingerprint density at radius 1 is 1.43 bits per heavy atom. The van der Waals surface area contributed by atoms with Gasteiger partial charge in [-0.3, -0.25) is 9.59 Å². The van der Waals surface area contributed by atoms with Gasteiger partial charge in [-0.05, 0) is 6.42 Å². The Morgan fingerprint density at radius 2 is 2.07 bits per heavy atom. The molecule has 82 valence electrons. The van der Waals surface area contributed by atoms with Gasteiger partial charge < -0.3 is 16.4 Å². The zero-order valence-corrected chi connectivity index (χ0v) is 8.80. The van der Waals surface area contributed by atoms with Crippen LogP contribution in [0.15, 0.2) is 0 Å². The Morgan fingerprint density at radius 3 is 2.57 bits per heavy atom. The fourth-order valence-corrected chi connectivity index (χ4v) is 0.830. The quantitative estimate of drug-likeness (QED) is 0.505. The molecule has 5 nitrogen and oxygen atoms in total. The highest BCUT2D eigenvalue weighted by Crippen LogP contribution is 1.88. The average Bonchev–Trinajstić information content (AvgIpc) is 2.14. The minimum atomic E-state index is -0.355. The lowest BCUT2D eigenvalue weighted by atomic mass is 10.2. The molecule has 0 rings (SSSR count). The number of nitrogens with one attached hydrogen (secondary N) is 2. The molecule has 0 heterocycles. The lowest BCUT2D eigenvalue weighted by Crippen LogP contribution is -2.38. The minimum absolute atomic E-state index is 0.0523. The normalized spacial score (nSPS) is 12.1. The lowest BCUT2D eigenvalue weighted by molar-refractivity contribution is -0.122. The van der Waals surface area contributed by atoms with Gasteiger partial charge in [-0.2, -0.15) is 0 Å². The molecule has 0 saturated carbocycles. The zero-order valence-electron chi connectivity index (χ0n) is 8.80. The molecule has 1 unspecified atom stereocenters. The van der Waals surface area contributed by atoms with Crippen molar-refractivity contribution in [2.45, 2.75) is 20.3 Å². The Kier molecular flexibility index (Phi) is 6.74. The number of hydrogen-bond acceptors (Lipinski definition) is 3. The molecule has 5 heteroatoms. The first-order chi connectivity index (χ1) is 6.57. The van der Waals surface area contributed by atoms with E-state index in [0.29, 0.717) is 13.1 Å². The molecule has 2 amide bonds. The van der Waals surface area contributed by atoms with E-state index in [0.717, 1.165) is 6.42 Å². The third-order valence-corrected chi connectivity index (χ3v) is 1.79. The summed E-state index contributed by atoms with van der Waals surface area (Å²) >= 11 is 0. The second kappa shape index (κ2) is 7.32. The monoisotopic (exact) mass is 201 g/mol. The van der Waals surface area contributed by atoms with Crippen LogP contribution >= 0.6 is 0 Å². The van der Waals surface area contributed by atoms with E-state index in [1.807, 2.05) is 6.92 Å². The van der Waals surface area contributed by atoms with Crippen LogP contribution in [0.5, 0.6) is 0 Å². The molecule has 0 spiro atoms. The van der Waals surface area contributed by atoms with Crippen LogP contribution in [0, 0.1) is 5.92 Å². The standard InChI is InChI=1S/C9H19N3O2/c1-3-4-12-8(13)6-11-5-7(2)9(10)14/h7,11H,3-6H2,1-2H3,(H2,10,14)(H,12,13). The summed E-state index contributed by atoms with van der Waals surface area (Å²) in [5, 5.41) is 5.58. The van der Waals surface area contributed by atoms with Crippen molar-refractivity contribution in [1.29, 1.82) is 0 Å². The average molecular weight is 201 g/mol. The van der Waals surface area contributed by atoms with E-state index in [1.165, 1.54) is 0 Å². The van der Waals surface area contributed by atoms with Crippen molar-refractivity contribution < 1.29 is 9.59 Å². The van der Waals surface area contributed by atoms with Gasteiger partial charge in [0.05, 0.1) is 6.54 Å². The molecule has 0 saturated heterocycles. The van der Waals surface area contributed by atoms with E-state index in [4.69, 9.17) is 5.73 Å². The number of carbonyl (C=O) groups is 2. The molecular formula is C9H19N3O2. The van der Waals surface area contributed by atoms with Crippen LogP contribution in [-0.2, 0) is 9.59 Å². The molecule has 0 aromatic rings. The van der Waals surface area contributed by atoms with Crippen molar-refractivity contribution in [2.24, 2.45) is 11.7 Å². The largest absolute Gasteiger partial charge is 0.369 e. The predicted octanol–water partition coefficient (Wildman–Crippen LogP) is -0.776. The molecule has 0 aromatic carbocycles.